The molecule has 0 aromatic carbocycles. The Balaban J connectivity index is 2.67. The Labute approximate surface area is 115 Å². The lowest BCUT2D eigenvalue weighted by molar-refractivity contribution is -0.137. The van der Waals surface area contributed by atoms with Gasteiger partial charge in [0.25, 0.3) is 5.91 Å². The molecule has 1 aromatic rings. The Kier molecular flexibility index (Phi) is 4.83. The molecule has 5 nitrogen and oxygen atoms in total. The third-order valence-electron chi connectivity index (χ3n) is 2.65. The van der Waals surface area contributed by atoms with Gasteiger partial charge < -0.3 is 10.4 Å². The number of aliphatic carboxylic acids is 1. The highest BCUT2D eigenvalue weighted by atomic mass is 32.1. The first-order chi connectivity index (χ1) is 8.71. The van der Waals surface area contributed by atoms with Crippen molar-refractivity contribution in [1.29, 1.82) is 0 Å². The van der Waals surface area contributed by atoms with Gasteiger partial charge in [-0.15, -0.1) is 11.3 Å². The molecule has 0 atom stereocenters. The molecule has 1 amide bonds. The van der Waals surface area contributed by atoms with Crippen molar-refractivity contribution in [2.75, 3.05) is 0 Å². The summed E-state index contributed by atoms with van der Waals surface area (Å²) in [5.41, 5.74) is -0.0888. The van der Waals surface area contributed by atoms with Crippen LogP contribution in [0.25, 0.3) is 0 Å². The quantitative estimate of drug-likeness (QED) is 0.785. The van der Waals surface area contributed by atoms with Crippen LogP contribution in [-0.4, -0.2) is 28.3 Å². The number of hydrogen-bond donors (Lipinski definition) is 2. The maximum Gasteiger partial charge on any atom is 0.303 e. The zero-order chi connectivity index (χ0) is 14.6. The molecule has 1 rings (SSSR count). The van der Waals surface area contributed by atoms with Crippen LogP contribution in [0.2, 0.25) is 0 Å². The maximum atomic E-state index is 12.0. The summed E-state index contributed by atoms with van der Waals surface area (Å²) in [5, 5.41) is 13.1. The summed E-state index contributed by atoms with van der Waals surface area (Å²) in [6.07, 6.45) is 0.343. The standard InChI is InChI=1S/C13H17NO4S/c1-8(15)9-6-10(19-7-9)12(18)14-13(2,3)5-4-11(16)17/h6-7H,4-5H2,1-3H3,(H,14,18)(H,16,17). The summed E-state index contributed by atoms with van der Waals surface area (Å²) in [4.78, 5) is 34.1. The minimum absolute atomic E-state index is 0.00356. The molecule has 19 heavy (non-hydrogen) atoms. The van der Waals surface area contributed by atoms with Gasteiger partial charge in [-0.3, -0.25) is 14.4 Å². The van der Waals surface area contributed by atoms with Crippen LogP contribution in [-0.2, 0) is 4.79 Å². The third-order valence-corrected chi connectivity index (χ3v) is 3.57. The number of hydrogen-bond acceptors (Lipinski definition) is 4. The first-order valence-electron chi connectivity index (χ1n) is 5.85. The largest absolute Gasteiger partial charge is 0.481 e. The SMILES string of the molecule is CC(=O)c1csc(C(=O)NC(C)(C)CCC(=O)O)c1. The Morgan fingerprint density at radius 3 is 2.47 bits per heavy atom. The lowest BCUT2D eigenvalue weighted by atomic mass is 9.98. The van der Waals surface area contributed by atoms with Crippen LogP contribution >= 0.6 is 11.3 Å². The molecule has 6 heteroatoms. The van der Waals surface area contributed by atoms with Crippen LogP contribution < -0.4 is 5.32 Å². The normalized spacial score (nSPS) is 11.1. The second kappa shape index (κ2) is 5.97. The van der Waals surface area contributed by atoms with Crippen molar-refractivity contribution in [2.45, 2.75) is 39.2 Å². The number of Topliss-reactive ketones (excluding diaryl/α,β-unsaturated/α-hetero) is 1. The first kappa shape index (κ1) is 15.4. The number of nitrogens with one attached hydrogen (secondary N) is 1. The lowest BCUT2D eigenvalue weighted by Gasteiger charge is -2.25. The van der Waals surface area contributed by atoms with Crippen molar-refractivity contribution in [2.24, 2.45) is 0 Å². The van der Waals surface area contributed by atoms with Gasteiger partial charge in [-0.1, -0.05) is 0 Å². The van der Waals surface area contributed by atoms with E-state index in [0.717, 1.165) is 0 Å². The molecule has 0 unspecified atom stereocenters. The summed E-state index contributed by atoms with van der Waals surface area (Å²) in [7, 11) is 0. The zero-order valence-electron chi connectivity index (χ0n) is 11.1. The number of amides is 1. The molecule has 0 radical (unpaired) electrons. The first-order valence-corrected chi connectivity index (χ1v) is 6.73. The molecule has 104 valence electrons. The number of carboxylic acid groups (broad SMARTS) is 1. The van der Waals surface area contributed by atoms with Crippen LogP contribution in [0.15, 0.2) is 11.4 Å². The summed E-state index contributed by atoms with van der Waals surface area (Å²) < 4.78 is 0. The van der Waals surface area contributed by atoms with E-state index in [1.165, 1.54) is 18.3 Å². The van der Waals surface area contributed by atoms with E-state index in [1.54, 1.807) is 25.3 Å². The van der Waals surface area contributed by atoms with Gasteiger partial charge in [0.15, 0.2) is 5.78 Å². The molecule has 0 bridgehead atoms. The van der Waals surface area contributed by atoms with Gasteiger partial charge in [0, 0.05) is 22.9 Å². The fraction of sp³-hybridized carbons (Fsp3) is 0.462. The highest BCUT2D eigenvalue weighted by Crippen LogP contribution is 2.18. The molecular weight excluding hydrogens is 266 g/mol. The van der Waals surface area contributed by atoms with Gasteiger partial charge in [0.2, 0.25) is 0 Å². The predicted molar refractivity (Wildman–Crippen MR) is 72.7 cm³/mol. The molecule has 0 saturated heterocycles. The molecule has 0 saturated carbocycles. The van der Waals surface area contributed by atoms with Gasteiger partial charge in [0.05, 0.1) is 4.88 Å². The average molecular weight is 283 g/mol. The molecule has 1 aromatic heterocycles. The van der Waals surface area contributed by atoms with Crippen molar-refractivity contribution in [1.82, 2.24) is 5.32 Å². The summed E-state index contributed by atoms with van der Waals surface area (Å²) in [6, 6.07) is 1.55. The molecular formula is C13H17NO4S. The van der Waals surface area contributed by atoms with E-state index in [-0.39, 0.29) is 18.1 Å². The van der Waals surface area contributed by atoms with E-state index in [2.05, 4.69) is 5.32 Å². The average Bonchev–Trinajstić information content (AvgIpc) is 2.75. The van der Waals surface area contributed by atoms with E-state index in [0.29, 0.717) is 16.9 Å². The van der Waals surface area contributed by atoms with Crippen LogP contribution in [0.3, 0.4) is 0 Å². The van der Waals surface area contributed by atoms with Crippen molar-refractivity contribution < 1.29 is 19.5 Å². The van der Waals surface area contributed by atoms with Crippen molar-refractivity contribution in [3.05, 3.63) is 21.9 Å². The second-order valence-corrected chi connectivity index (χ2v) is 5.90. The maximum absolute atomic E-state index is 12.0. The summed E-state index contributed by atoms with van der Waals surface area (Å²) in [5.74, 6) is -1.26. The molecule has 0 aliphatic heterocycles. The second-order valence-electron chi connectivity index (χ2n) is 4.99. The number of ketones is 1. The van der Waals surface area contributed by atoms with E-state index >= 15 is 0 Å². The Bertz CT molecular complexity index is 504. The fourth-order valence-corrected chi connectivity index (χ4v) is 2.33. The van der Waals surface area contributed by atoms with Gasteiger partial charge in [0.1, 0.15) is 0 Å². The Hall–Kier alpha value is -1.69. The van der Waals surface area contributed by atoms with Crippen LogP contribution in [0, 0.1) is 0 Å². The molecule has 0 aliphatic rings. The van der Waals surface area contributed by atoms with Crippen molar-refractivity contribution in [3.63, 3.8) is 0 Å². The molecule has 2 N–H and O–H groups in total. The number of rotatable bonds is 6. The monoisotopic (exact) mass is 283 g/mol. The molecule has 1 heterocycles. The number of carbonyl (C=O) groups excluding carboxylic acids is 2. The fourth-order valence-electron chi connectivity index (χ4n) is 1.49. The van der Waals surface area contributed by atoms with E-state index in [9.17, 15) is 14.4 Å². The van der Waals surface area contributed by atoms with Crippen molar-refractivity contribution >= 4 is 29.0 Å². The lowest BCUT2D eigenvalue weighted by Crippen LogP contribution is -2.43. The smallest absolute Gasteiger partial charge is 0.303 e. The van der Waals surface area contributed by atoms with E-state index in [1.807, 2.05) is 0 Å². The van der Waals surface area contributed by atoms with Crippen molar-refractivity contribution in [3.8, 4) is 0 Å². The summed E-state index contributed by atoms with van der Waals surface area (Å²) >= 11 is 1.20. The van der Waals surface area contributed by atoms with Crippen LogP contribution in [0.5, 0.6) is 0 Å². The third kappa shape index (κ3) is 4.82. The predicted octanol–water partition coefficient (Wildman–Crippen LogP) is 2.32. The number of carboxylic acids is 1. The van der Waals surface area contributed by atoms with Gasteiger partial charge in [-0.2, -0.15) is 0 Å². The van der Waals surface area contributed by atoms with Crippen LogP contribution in [0.4, 0.5) is 0 Å². The van der Waals surface area contributed by atoms with Gasteiger partial charge >= 0.3 is 5.97 Å². The minimum Gasteiger partial charge on any atom is -0.481 e. The zero-order valence-corrected chi connectivity index (χ0v) is 12.0. The van der Waals surface area contributed by atoms with E-state index in [4.69, 9.17) is 5.11 Å². The van der Waals surface area contributed by atoms with Crippen LogP contribution in [0.1, 0.15) is 53.6 Å². The molecule has 0 spiro atoms. The highest BCUT2D eigenvalue weighted by molar-refractivity contribution is 7.12. The van der Waals surface area contributed by atoms with Gasteiger partial charge in [-0.05, 0) is 33.3 Å². The molecule has 0 aliphatic carbocycles. The Morgan fingerprint density at radius 1 is 1.37 bits per heavy atom. The Morgan fingerprint density at radius 2 is 2.00 bits per heavy atom. The molecule has 0 fully saturated rings. The number of carbonyl (C=O) groups is 3. The topological polar surface area (TPSA) is 83.5 Å². The summed E-state index contributed by atoms with van der Waals surface area (Å²) in [6.45, 7) is 4.99. The van der Waals surface area contributed by atoms with Gasteiger partial charge in [-0.25, -0.2) is 0 Å². The van der Waals surface area contributed by atoms with E-state index < -0.39 is 11.5 Å². The highest BCUT2D eigenvalue weighted by Gasteiger charge is 2.23. The minimum atomic E-state index is -0.891. The number of thiophene rings is 1.